The summed E-state index contributed by atoms with van der Waals surface area (Å²) in [6.45, 7) is 0. The second kappa shape index (κ2) is 2.95. The summed E-state index contributed by atoms with van der Waals surface area (Å²) in [6.07, 6.45) is 2.83. The first-order valence-electron chi connectivity index (χ1n) is 2.67. The molecule has 0 aliphatic rings. The summed E-state index contributed by atoms with van der Waals surface area (Å²) < 4.78 is 11.4. The maximum atomic E-state index is 11.4. The van der Waals surface area contributed by atoms with Crippen molar-refractivity contribution in [3.8, 4) is 0 Å². The Balaban J connectivity index is 2.85. The van der Waals surface area contributed by atoms with E-state index in [0.29, 0.717) is 6.33 Å². The second-order valence-electron chi connectivity index (χ2n) is 1.62. The van der Waals surface area contributed by atoms with Crippen LogP contribution in [0.1, 0.15) is 5.56 Å². The van der Waals surface area contributed by atoms with E-state index in [2.05, 4.69) is 6.08 Å². The van der Waals surface area contributed by atoms with E-state index in [4.69, 9.17) is 0 Å². The third kappa shape index (κ3) is 1.63. The van der Waals surface area contributed by atoms with Gasteiger partial charge in [0.15, 0.2) is 11.9 Å². The van der Waals surface area contributed by atoms with Gasteiger partial charge in [-0.15, -0.1) is 0 Å². The van der Waals surface area contributed by atoms with Crippen molar-refractivity contribution in [1.82, 2.24) is 0 Å². The molecule has 0 aromatic heterocycles. The van der Waals surface area contributed by atoms with Gasteiger partial charge in [-0.1, -0.05) is 0 Å². The van der Waals surface area contributed by atoms with Crippen LogP contribution in [0.3, 0.4) is 0 Å². The summed E-state index contributed by atoms with van der Waals surface area (Å²) in [5.74, 6) is 0. The minimum Gasteiger partial charge on any atom is -0.189 e. The Morgan fingerprint density at radius 3 is 2.44 bits per heavy atom. The summed E-state index contributed by atoms with van der Waals surface area (Å²) in [6, 6.07) is 9.13. The molecular weight excluding hydrogens is 115 g/mol. The first-order chi connectivity index (χ1) is 4.43. The maximum absolute atomic E-state index is 11.4. The average Bonchev–Trinajstić information content (AvgIpc) is 1.91. The Hall–Kier alpha value is -1.20. The fourth-order valence-electron chi connectivity index (χ4n) is 0.597. The molecule has 0 aliphatic heterocycles. The Morgan fingerprint density at radius 1 is 1.22 bits per heavy atom. The summed E-state index contributed by atoms with van der Waals surface area (Å²) in [5, 5.41) is 0. The highest BCUT2D eigenvalue weighted by Crippen LogP contribution is 1.97. The minimum absolute atomic E-state index is 0.412. The van der Waals surface area contributed by atoms with Gasteiger partial charge in [0, 0.05) is 0 Å². The molecule has 0 unspecified atom stereocenters. The highest BCUT2D eigenvalue weighted by atomic mass is 19.1. The molecule has 1 aromatic rings. The molecule has 1 aromatic carbocycles. The van der Waals surface area contributed by atoms with Gasteiger partial charge in [0.05, 0.1) is 18.2 Å². The number of hydrogen-bond acceptors (Lipinski definition) is 0. The Bertz CT molecular complexity index is 189. The molecule has 0 bridgehead atoms. The van der Waals surface area contributed by atoms with Crippen LogP contribution in [-0.2, 0) is 0 Å². The van der Waals surface area contributed by atoms with E-state index in [1.165, 1.54) is 0 Å². The zero-order valence-corrected chi connectivity index (χ0v) is 4.84. The van der Waals surface area contributed by atoms with Crippen LogP contribution in [0, 0.1) is 6.08 Å². The molecule has 0 amide bonds. The minimum atomic E-state index is 0.412. The van der Waals surface area contributed by atoms with Gasteiger partial charge < -0.3 is 0 Å². The summed E-state index contributed by atoms with van der Waals surface area (Å²) in [5.41, 5.74) is 0.764. The van der Waals surface area contributed by atoms with Crippen LogP contribution in [0.2, 0.25) is 0 Å². The molecule has 0 nitrogen and oxygen atoms in total. The molecule has 1 rings (SSSR count). The lowest BCUT2D eigenvalue weighted by molar-refractivity contribution is 0.717. The summed E-state index contributed by atoms with van der Waals surface area (Å²) in [4.78, 5) is 0. The topological polar surface area (TPSA) is 0 Å². The van der Waals surface area contributed by atoms with Crippen LogP contribution in [0.4, 0.5) is 4.39 Å². The standard InChI is InChI=1S/C8H6F/c9-7-6-8-4-2-1-3-5-8/h1-5,7H/q+1. The van der Waals surface area contributed by atoms with Gasteiger partial charge in [0.1, 0.15) is 0 Å². The normalized spacial score (nSPS) is 9.44. The van der Waals surface area contributed by atoms with Crippen LogP contribution in [0.15, 0.2) is 36.7 Å². The maximum Gasteiger partial charge on any atom is 0.197 e. The molecule has 0 spiro atoms. The van der Waals surface area contributed by atoms with Gasteiger partial charge in [0.25, 0.3) is 0 Å². The van der Waals surface area contributed by atoms with Gasteiger partial charge in [-0.3, -0.25) is 0 Å². The largest absolute Gasteiger partial charge is 0.197 e. The van der Waals surface area contributed by atoms with Crippen LogP contribution in [-0.4, -0.2) is 0 Å². The van der Waals surface area contributed by atoms with Crippen molar-refractivity contribution in [3.05, 3.63) is 48.3 Å². The first-order valence-corrected chi connectivity index (χ1v) is 2.67. The zero-order chi connectivity index (χ0) is 6.53. The Kier molecular flexibility index (Phi) is 1.95. The third-order valence-corrected chi connectivity index (χ3v) is 0.995. The van der Waals surface area contributed by atoms with Crippen LogP contribution in [0.5, 0.6) is 0 Å². The van der Waals surface area contributed by atoms with E-state index in [0.717, 1.165) is 5.56 Å². The number of halogens is 1. The fourth-order valence-corrected chi connectivity index (χ4v) is 0.597. The van der Waals surface area contributed by atoms with Crippen molar-refractivity contribution >= 4 is 0 Å². The van der Waals surface area contributed by atoms with E-state index < -0.39 is 0 Å². The lowest BCUT2D eigenvalue weighted by Gasteiger charge is -1.73. The van der Waals surface area contributed by atoms with Crippen molar-refractivity contribution in [3.63, 3.8) is 0 Å². The lowest BCUT2D eigenvalue weighted by Crippen LogP contribution is -1.67. The molecule has 0 atom stereocenters. The van der Waals surface area contributed by atoms with Gasteiger partial charge in [-0.25, -0.2) is 0 Å². The van der Waals surface area contributed by atoms with Crippen molar-refractivity contribution < 1.29 is 4.39 Å². The van der Waals surface area contributed by atoms with Gasteiger partial charge in [0.2, 0.25) is 0 Å². The number of hydrogen-bond donors (Lipinski definition) is 0. The third-order valence-electron chi connectivity index (χ3n) is 0.995. The van der Waals surface area contributed by atoms with Crippen molar-refractivity contribution in [2.24, 2.45) is 0 Å². The van der Waals surface area contributed by atoms with E-state index in [9.17, 15) is 4.39 Å². The van der Waals surface area contributed by atoms with Crippen LogP contribution < -0.4 is 0 Å². The second-order valence-corrected chi connectivity index (χ2v) is 1.62. The summed E-state index contributed by atoms with van der Waals surface area (Å²) >= 11 is 0. The lowest BCUT2D eigenvalue weighted by atomic mass is 10.2. The fraction of sp³-hybridized carbons (Fsp3) is 0. The van der Waals surface area contributed by atoms with Crippen molar-refractivity contribution in [2.45, 2.75) is 0 Å². The van der Waals surface area contributed by atoms with Crippen LogP contribution >= 0.6 is 0 Å². The number of rotatable bonds is 1. The van der Waals surface area contributed by atoms with E-state index in [1.54, 1.807) is 12.1 Å². The summed E-state index contributed by atoms with van der Waals surface area (Å²) in [7, 11) is 0. The molecular formula is C8H6F+. The predicted octanol–water partition coefficient (Wildman–Crippen LogP) is 2.32. The molecule has 1 heteroatoms. The monoisotopic (exact) mass is 121 g/mol. The Morgan fingerprint density at radius 2 is 1.89 bits per heavy atom. The van der Waals surface area contributed by atoms with Gasteiger partial charge in [-0.2, -0.15) is 4.39 Å². The zero-order valence-electron chi connectivity index (χ0n) is 4.84. The van der Waals surface area contributed by atoms with E-state index >= 15 is 0 Å². The average molecular weight is 121 g/mol. The van der Waals surface area contributed by atoms with Gasteiger partial charge >= 0.3 is 0 Å². The number of benzene rings is 1. The molecule has 0 fully saturated rings. The first kappa shape index (κ1) is 5.93. The van der Waals surface area contributed by atoms with Crippen molar-refractivity contribution in [1.29, 1.82) is 0 Å². The Labute approximate surface area is 53.6 Å². The van der Waals surface area contributed by atoms with Crippen molar-refractivity contribution in [2.75, 3.05) is 0 Å². The highest BCUT2D eigenvalue weighted by molar-refractivity contribution is 5.20. The molecule has 0 saturated carbocycles. The van der Waals surface area contributed by atoms with E-state index in [1.807, 2.05) is 18.2 Å². The molecule has 0 aliphatic carbocycles. The molecule has 0 radical (unpaired) electrons. The molecule has 9 heavy (non-hydrogen) atoms. The van der Waals surface area contributed by atoms with Crippen LogP contribution in [0.25, 0.3) is 0 Å². The molecule has 0 heterocycles. The quantitative estimate of drug-likeness (QED) is 0.500. The molecule has 0 N–H and O–H groups in total. The van der Waals surface area contributed by atoms with E-state index in [-0.39, 0.29) is 0 Å². The van der Waals surface area contributed by atoms with Gasteiger partial charge in [-0.05, 0) is 18.2 Å². The molecule has 44 valence electrons. The molecule has 0 saturated heterocycles. The smallest absolute Gasteiger partial charge is 0.189 e. The highest BCUT2D eigenvalue weighted by Gasteiger charge is 1.91. The SMILES string of the molecule is FC=[C+]c1ccccc1. The predicted molar refractivity (Wildman–Crippen MR) is 34.5 cm³/mol.